The molecule has 0 aromatic carbocycles. The first-order valence-corrected chi connectivity index (χ1v) is 4.99. The first kappa shape index (κ1) is 11.5. The molecule has 0 amide bonds. The molecule has 0 nitrogen and oxygen atoms in total. The van der Waals surface area contributed by atoms with Crippen molar-refractivity contribution in [2.24, 2.45) is 0 Å². The summed E-state index contributed by atoms with van der Waals surface area (Å²) >= 11 is 0. The second-order valence-electron chi connectivity index (χ2n) is 3.01. The number of allylic oxidation sites excluding steroid dienone is 4. The van der Waals surface area contributed by atoms with Crippen LogP contribution < -0.4 is 0 Å². The molecule has 0 saturated carbocycles. The van der Waals surface area contributed by atoms with Crippen LogP contribution in [0.1, 0.15) is 45.4 Å². The van der Waals surface area contributed by atoms with Gasteiger partial charge in [0.1, 0.15) is 0 Å². The van der Waals surface area contributed by atoms with Crippen LogP contribution in [0.2, 0.25) is 0 Å². The van der Waals surface area contributed by atoms with E-state index < -0.39 is 0 Å². The Kier molecular flexibility index (Phi) is 10.0. The van der Waals surface area contributed by atoms with Crippen LogP contribution >= 0.6 is 0 Å². The van der Waals surface area contributed by atoms with Crippen molar-refractivity contribution in [2.75, 3.05) is 0 Å². The third-order valence-corrected chi connectivity index (χ3v) is 1.81. The molecule has 0 aliphatic carbocycles. The van der Waals surface area contributed by atoms with Crippen LogP contribution in [0.5, 0.6) is 0 Å². The normalized spacial score (nSPS) is 11.8. The molecule has 0 aromatic heterocycles. The van der Waals surface area contributed by atoms with Crippen molar-refractivity contribution < 1.29 is 0 Å². The first-order chi connectivity index (χ1) is 5.91. The van der Waals surface area contributed by atoms with Gasteiger partial charge < -0.3 is 0 Å². The highest BCUT2D eigenvalue weighted by Gasteiger charge is 1.85. The van der Waals surface area contributed by atoms with Crippen LogP contribution in [0.15, 0.2) is 24.3 Å². The van der Waals surface area contributed by atoms with E-state index in [1.54, 1.807) is 0 Å². The van der Waals surface area contributed by atoms with Crippen molar-refractivity contribution in [2.45, 2.75) is 45.4 Å². The molecule has 0 heterocycles. The van der Waals surface area contributed by atoms with Crippen molar-refractivity contribution in [1.29, 1.82) is 0 Å². The summed E-state index contributed by atoms with van der Waals surface area (Å²) in [6.45, 7) is 5.86. The standard InChI is InChI=1S/C12H21/c1-3-5-7-9-11-12-10-8-6-4-2/h4,6,8,10H,1,3,5,7,9,11-12H2,2H3. The fourth-order valence-corrected chi connectivity index (χ4v) is 1.08. The Morgan fingerprint density at radius 3 is 2.42 bits per heavy atom. The van der Waals surface area contributed by atoms with Crippen LogP contribution in [0, 0.1) is 6.92 Å². The highest BCUT2D eigenvalue weighted by molar-refractivity contribution is 5.00. The van der Waals surface area contributed by atoms with Gasteiger partial charge in [0.25, 0.3) is 0 Å². The molecule has 0 atom stereocenters. The second kappa shape index (κ2) is 10.5. The topological polar surface area (TPSA) is 0 Å². The molecular weight excluding hydrogens is 144 g/mol. The summed E-state index contributed by atoms with van der Waals surface area (Å²) in [4.78, 5) is 0. The van der Waals surface area contributed by atoms with Gasteiger partial charge in [-0.05, 0) is 19.8 Å². The van der Waals surface area contributed by atoms with Gasteiger partial charge in [0.15, 0.2) is 0 Å². The van der Waals surface area contributed by atoms with Crippen LogP contribution in [-0.4, -0.2) is 0 Å². The van der Waals surface area contributed by atoms with Gasteiger partial charge in [0.05, 0.1) is 0 Å². The number of rotatable bonds is 7. The van der Waals surface area contributed by atoms with Crippen LogP contribution in [-0.2, 0) is 0 Å². The molecule has 0 aliphatic rings. The summed E-state index contributed by atoms with van der Waals surface area (Å²) in [5, 5.41) is 0. The monoisotopic (exact) mass is 165 g/mol. The Morgan fingerprint density at radius 1 is 1.00 bits per heavy atom. The third-order valence-electron chi connectivity index (χ3n) is 1.81. The van der Waals surface area contributed by atoms with Crippen LogP contribution in [0.3, 0.4) is 0 Å². The maximum Gasteiger partial charge on any atom is -0.0348 e. The van der Waals surface area contributed by atoms with Gasteiger partial charge in [-0.3, -0.25) is 0 Å². The molecule has 0 unspecified atom stereocenters. The van der Waals surface area contributed by atoms with Crippen molar-refractivity contribution >= 4 is 0 Å². The highest BCUT2D eigenvalue weighted by Crippen LogP contribution is 2.04. The van der Waals surface area contributed by atoms with Gasteiger partial charge in [0, 0.05) is 0 Å². The lowest BCUT2D eigenvalue weighted by Crippen LogP contribution is -1.75. The van der Waals surface area contributed by atoms with Gasteiger partial charge in [-0.25, -0.2) is 0 Å². The molecule has 69 valence electrons. The molecule has 0 N–H and O–H groups in total. The zero-order chi connectivity index (χ0) is 9.07. The van der Waals surface area contributed by atoms with Crippen molar-refractivity contribution in [3.8, 4) is 0 Å². The van der Waals surface area contributed by atoms with Crippen LogP contribution in [0.4, 0.5) is 0 Å². The molecule has 0 bridgehead atoms. The highest BCUT2D eigenvalue weighted by atomic mass is 13.9. The fraction of sp³-hybridized carbons (Fsp3) is 0.583. The van der Waals surface area contributed by atoms with Crippen LogP contribution in [0.25, 0.3) is 0 Å². The Bertz CT molecular complexity index is 120. The Hall–Kier alpha value is -0.520. The largest absolute Gasteiger partial charge is 0.0877 e. The molecule has 0 heteroatoms. The zero-order valence-electron chi connectivity index (χ0n) is 8.26. The number of hydrogen-bond acceptors (Lipinski definition) is 0. The lowest BCUT2D eigenvalue weighted by atomic mass is 10.1. The summed E-state index contributed by atoms with van der Waals surface area (Å²) in [5.74, 6) is 0. The predicted octanol–water partition coefficient (Wildman–Crippen LogP) is 4.29. The summed E-state index contributed by atoms with van der Waals surface area (Å²) in [6, 6.07) is 0. The Balaban J connectivity index is 3.00. The smallest absolute Gasteiger partial charge is 0.0348 e. The van der Waals surface area contributed by atoms with Gasteiger partial charge in [0.2, 0.25) is 0 Å². The summed E-state index contributed by atoms with van der Waals surface area (Å²) in [6.07, 6.45) is 16.1. The summed E-state index contributed by atoms with van der Waals surface area (Å²) in [5.41, 5.74) is 0. The number of hydrogen-bond donors (Lipinski definition) is 0. The molecule has 0 aromatic rings. The summed E-state index contributed by atoms with van der Waals surface area (Å²) < 4.78 is 0. The Morgan fingerprint density at radius 2 is 1.75 bits per heavy atom. The molecule has 0 rings (SSSR count). The molecular formula is C12H21. The average Bonchev–Trinajstić information content (AvgIpc) is 2.10. The van der Waals surface area contributed by atoms with E-state index >= 15 is 0 Å². The fourth-order valence-electron chi connectivity index (χ4n) is 1.08. The predicted molar refractivity (Wildman–Crippen MR) is 57.0 cm³/mol. The minimum Gasteiger partial charge on any atom is -0.0877 e. The van der Waals surface area contributed by atoms with E-state index in [1.807, 2.05) is 6.92 Å². The summed E-state index contributed by atoms with van der Waals surface area (Å²) in [7, 11) is 0. The minimum absolute atomic E-state index is 1.09. The minimum atomic E-state index is 1.09. The van der Waals surface area contributed by atoms with Crippen molar-refractivity contribution in [3.05, 3.63) is 31.2 Å². The maximum absolute atomic E-state index is 3.82. The van der Waals surface area contributed by atoms with E-state index in [2.05, 4.69) is 31.2 Å². The first-order valence-electron chi connectivity index (χ1n) is 4.99. The van der Waals surface area contributed by atoms with E-state index in [9.17, 15) is 0 Å². The van der Waals surface area contributed by atoms with E-state index in [0.717, 1.165) is 6.42 Å². The lowest BCUT2D eigenvalue weighted by molar-refractivity contribution is 0.651. The zero-order valence-corrected chi connectivity index (χ0v) is 8.26. The average molecular weight is 165 g/mol. The van der Waals surface area contributed by atoms with Gasteiger partial charge in [-0.2, -0.15) is 0 Å². The van der Waals surface area contributed by atoms with E-state index in [-0.39, 0.29) is 0 Å². The molecule has 1 radical (unpaired) electrons. The lowest BCUT2D eigenvalue weighted by Gasteiger charge is -1.95. The third kappa shape index (κ3) is 9.48. The SMILES string of the molecule is [CH2]CCCCCCC=CC=CC. The van der Waals surface area contributed by atoms with E-state index in [4.69, 9.17) is 0 Å². The van der Waals surface area contributed by atoms with Gasteiger partial charge >= 0.3 is 0 Å². The van der Waals surface area contributed by atoms with Crippen molar-refractivity contribution in [1.82, 2.24) is 0 Å². The quantitative estimate of drug-likeness (QED) is 0.390. The molecule has 0 spiro atoms. The van der Waals surface area contributed by atoms with E-state index in [1.165, 1.54) is 32.1 Å². The van der Waals surface area contributed by atoms with E-state index in [0.29, 0.717) is 0 Å². The van der Waals surface area contributed by atoms with Gasteiger partial charge in [-0.15, -0.1) is 0 Å². The molecule has 0 aliphatic heterocycles. The second-order valence-corrected chi connectivity index (χ2v) is 3.01. The van der Waals surface area contributed by atoms with Gasteiger partial charge in [-0.1, -0.05) is 56.9 Å². The number of unbranched alkanes of at least 4 members (excludes halogenated alkanes) is 5. The molecule has 0 saturated heterocycles. The molecule has 12 heavy (non-hydrogen) atoms. The maximum atomic E-state index is 3.82. The molecule has 0 fully saturated rings. The van der Waals surface area contributed by atoms with Crippen molar-refractivity contribution in [3.63, 3.8) is 0 Å². The Labute approximate surface area is 77.4 Å².